The Hall–Kier alpha value is -0.730. The van der Waals surface area contributed by atoms with Crippen molar-refractivity contribution in [3.8, 4) is 0 Å². The molecule has 1 aromatic rings. The summed E-state index contributed by atoms with van der Waals surface area (Å²) in [7, 11) is 1.74. The van der Waals surface area contributed by atoms with Gasteiger partial charge in [-0.3, -0.25) is 0 Å². The molecule has 2 heteroatoms. The van der Waals surface area contributed by atoms with E-state index in [4.69, 9.17) is 4.74 Å². The van der Waals surface area contributed by atoms with Crippen molar-refractivity contribution in [2.24, 2.45) is 0 Å². The van der Waals surface area contributed by atoms with Gasteiger partial charge in [-0.2, -0.15) is 0 Å². The largest absolute Gasteiger partial charge is 0.373 e. The molecule has 0 bridgehead atoms. The normalized spacial score (nSPS) is 14.6. The van der Waals surface area contributed by atoms with Crippen molar-refractivity contribution in [3.63, 3.8) is 0 Å². The maximum absolute atomic E-state index is 5.50. The van der Waals surface area contributed by atoms with Crippen molar-refractivity contribution < 1.29 is 4.74 Å². The van der Waals surface area contributed by atoms with Crippen molar-refractivity contribution in [2.75, 3.05) is 7.11 Å². The van der Waals surface area contributed by atoms with Gasteiger partial charge < -0.3 is 4.74 Å². The molecule has 0 heterocycles. The Balaban J connectivity index is 2.71. The standard InChI is InChI=1S/C13H18OS/c1-5-13(3,14-4)11(2)15-12-9-7-6-8-10-12/h6-10H,2,5H2,1,3-4H3. The van der Waals surface area contributed by atoms with E-state index in [1.807, 2.05) is 18.2 Å². The Kier molecular flexibility index (Phi) is 4.43. The van der Waals surface area contributed by atoms with Crippen LogP contribution in [0.15, 0.2) is 46.7 Å². The van der Waals surface area contributed by atoms with E-state index in [0.29, 0.717) is 0 Å². The number of rotatable bonds is 5. The molecule has 0 aliphatic carbocycles. The van der Waals surface area contributed by atoms with Gasteiger partial charge in [-0.1, -0.05) is 43.5 Å². The first-order valence-electron chi connectivity index (χ1n) is 5.10. The van der Waals surface area contributed by atoms with E-state index in [0.717, 1.165) is 11.3 Å². The number of ether oxygens (including phenoxy) is 1. The van der Waals surface area contributed by atoms with E-state index in [1.54, 1.807) is 18.9 Å². The van der Waals surface area contributed by atoms with E-state index < -0.39 is 0 Å². The molecule has 0 radical (unpaired) electrons. The average molecular weight is 222 g/mol. The highest BCUT2D eigenvalue weighted by Crippen LogP contribution is 2.36. The number of thioether (sulfide) groups is 1. The van der Waals surface area contributed by atoms with Gasteiger partial charge in [0.2, 0.25) is 0 Å². The molecular weight excluding hydrogens is 204 g/mol. The molecule has 0 fully saturated rings. The maximum Gasteiger partial charge on any atom is 0.0952 e. The first kappa shape index (κ1) is 12.3. The van der Waals surface area contributed by atoms with E-state index >= 15 is 0 Å². The lowest BCUT2D eigenvalue weighted by molar-refractivity contribution is 0.0427. The van der Waals surface area contributed by atoms with Gasteiger partial charge in [0.1, 0.15) is 0 Å². The summed E-state index contributed by atoms with van der Waals surface area (Å²) >= 11 is 1.68. The molecule has 82 valence electrons. The topological polar surface area (TPSA) is 9.23 Å². The molecule has 0 aliphatic rings. The van der Waals surface area contributed by atoms with Gasteiger partial charge in [-0.15, -0.1) is 0 Å². The van der Waals surface area contributed by atoms with Crippen LogP contribution in [0.3, 0.4) is 0 Å². The molecule has 0 aliphatic heterocycles. The third-order valence-electron chi connectivity index (χ3n) is 2.70. The molecule has 0 spiro atoms. The molecule has 1 nitrogen and oxygen atoms in total. The van der Waals surface area contributed by atoms with Gasteiger partial charge in [0, 0.05) is 16.9 Å². The minimum absolute atomic E-state index is 0.236. The Labute approximate surface area is 96.5 Å². The van der Waals surface area contributed by atoms with Gasteiger partial charge in [-0.05, 0) is 25.5 Å². The molecule has 0 amide bonds. The van der Waals surface area contributed by atoms with Gasteiger partial charge in [0.25, 0.3) is 0 Å². The van der Waals surface area contributed by atoms with Crippen LogP contribution in [-0.2, 0) is 4.74 Å². The van der Waals surface area contributed by atoms with Crippen molar-refractivity contribution >= 4 is 11.8 Å². The van der Waals surface area contributed by atoms with Crippen molar-refractivity contribution in [1.82, 2.24) is 0 Å². The van der Waals surface area contributed by atoms with E-state index in [-0.39, 0.29) is 5.60 Å². The summed E-state index contributed by atoms with van der Waals surface area (Å²) in [4.78, 5) is 2.26. The fourth-order valence-corrected chi connectivity index (χ4v) is 2.22. The smallest absolute Gasteiger partial charge is 0.0952 e. The molecule has 0 saturated heterocycles. The number of benzene rings is 1. The van der Waals surface area contributed by atoms with Crippen LogP contribution in [0.5, 0.6) is 0 Å². The lowest BCUT2D eigenvalue weighted by Gasteiger charge is -2.28. The summed E-state index contributed by atoms with van der Waals surface area (Å²) in [5, 5.41) is 0. The van der Waals surface area contributed by atoms with Gasteiger partial charge in [0.05, 0.1) is 5.60 Å². The summed E-state index contributed by atoms with van der Waals surface area (Å²) in [5.41, 5.74) is -0.236. The van der Waals surface area contributed by atoms with Crippen LogP contribution in [0, 0.1) is 0 Å². The lowest BCUT2D eigenvalue weighted by atomic mass is 10.0. The Bertz CT molecular complexity index is 315. The van der Waals surface area contributed by atoms with Crippen molar-refractivity contribution in [2.45, 2.75) is 30.8 Å². The predicted molar refractivity (Wildman–Crippen MR) is 67.1 cm³/mol. The first-order chi connectivity index (χ1) is 7.12. The quantitative estimate of drug-likeness (QED) is 0.693. The summed E-state index contributed by atoms with van der Waals surface area (Å²) in [6, 6.07) is 10.3. The Morgan fingerprint density at radius 1 is 1.40 bits per heavy atom. The van der Waals surface area contributed by atoms with Crippen LogP contribution in [0.4, 0.5) is 0 Å². The minimum Gasteiger partial charge on any atom is -0.373 e. The molecule has 1 aromatic carbocycles. The number of methoxy groups -OCH3 is 1. The van der Waals surface area contributed by atoms with Crippen LogP contribution in [0.2, 0.25) is 0 Å². The zero-order valence-electron chi connectivity index (χ0n) is 9.62. The average Bonchev–Trinajstić information content (AvgIpc) is 2.29. The Morgan fingerprint density at radius 2 is 2.00 bits per heavy atom. The Morgan fingerprint density at radius 3 is 2.47 bits per heavy atom. The third-order valence-corrected chi connectivity index (χ3v) is 3.89. The van der Waals surface area contributed by atoms with Crippen LogP contribution >= 0.6 is 11.8 Å². The van der Waals surface area contributed by atoms with E-state index in [9.17, 15) is 0 Å². The van der Waals surface area contributed by atoms with Crippen LogP contribution in [0.1, 0.15) is 20.3 Å². The van der Waals surface area contributed by atoms with Crippen molar-refractivity contribution in [3.05, 3.63) is 41.8 Å². The zero-order chi connectivity index (χ0) is 11.3. The molecule has 0 aromatic heterocycles. The summed E-state index contributed by atoms with van der Waals surface area (Å²) in [5.74, 6) is 0. The molecule has 0 N–H and O–H groups in total. The fraction of sp³-hybridized carbons (Fsp3) is 0.385. The van der Waals surface area contributed by atoms with Crippen molar-refractivity contribution in [1.29, 1.82) is 0 Å². The molecule has 15 heavy (non-hydrogen) atoms. The second-order valence-electron chi connectivity index (χ2n) is 3.63. The van der Waals surface area contributed by atoms with Gasteiger partial charge >= 0.3 is 0 Å². The first-order valence-corrected chi connectivity index (χ1v) is 5.91. The maximum atomic E-state index is 5.50. The molecule has 1 unspecified atom stereocenters. The predicted octanol–water partition coefficient (Wildman–Crippen LogP) is 4.11. The van der Waals surface area contributed by atoms with Crippen LogP contribution in [-0.4, -0.2) is 12.7 Å². The zero-order valence-corrected chi connectivity index (χ0v) is 10.4. The molecular formula is C13H18OS. The van der Waals surface area contributed by atoms with E-state index in [2.05, 4.69) is 32.6 Å². The highest BCUT2D eigenvalue weighted by atomic mass is 32.2. The number of hydrogen-bond donors (Lipinski definition) is 0. The highest BCUT2D eigenvalue weighted by Gasteiger charge is 2.25. The van der Waals surface area contributed by atoms with Crippen LogP contribution in [0.25, 0.3) is 0 Å². The van der Waals surface area contributed by atoms with Gasteiger partial charge in [0.15, 0.2) is 0 Å². The number of hydrogen-bond acceptors (Lipinski definition) is 2. The highest BCUT2D eigenvalue weighted by molar-refractivity contribution is 8.03. The second kappa shape index (κ2) is 5.38. The lowest BCUT2D eigenvalue weighted by Crippen LogP contribution is -2.26. The minimum atomic E-state index is -0.236. The second-order valence-corrected chi connectivity index (χ2v) is 4.80. The summed E-state index contributed by atoms with van der Waals surface area (Å²) < 4.78 is 5.50. The molecule has 0 saturated carbocycles. The van der Waals surface area contributed by atoms with Crippen LogP contribution < -0.4 is 0 Å². The summed E-state index contributed by atoms with van der Waals surface area (Å²) in [6.45, 7) is 8.29. The fourth-order valence-electron chi connectivity index (χ4n) is 1.19. The molecule has 1 rings (SSSR count). The SMILES string of the molecule is C=C(Sc1ccccc1)C(C)(CC)OC. The third kappa shape index (κ3) is 3.11. The van der Waals surface area contributed by atoms with Gasteiger partial charge in [-0.25, -0.2) is 0 Å². The molecule has 1 atom stereocenters. The van der Waals surface area contributed by atoms with E-state index in [1.165, 1.54) is 4.90 Å². The monoisotopic (exact) mass is 222 g/mol. The summed E-state index contributed by atoms with van der Waals surface area (Å²) in [6.07, 6.45) is 0.933.